The van der Waals surface area contributed by atoms with E-state index in [1.165, 1.54) is 9.87 Å². The molecule has 0 N–H and O–H groups in total. The van der Waals surface area contributed by atoms with E-state index in [4.69, 9.17) is 0 Å². The Bertz CT molecular complexity index is 1180. The van der Waals surface area contributed by atoms with Gasteiger partial charge in [-0.15, -0.1) is 10.2 Å². The van der Waals surface area contributed by atoms with Gasteiger partial charge in [0.2, 0.25) is 10.0 Å². The van der Waals surface area contributed by atoms with E-state index < -0.39 is 10.0 Å². The van der Waals surface area contributed by atoms with Crippen LogP contribution in [0.15, 0.2) is 58.6 Å². The number of thioether (sulfide) groups is 1. The van der Waals surface area contributed by atoms with Gasteiger partial charge in [0.05, 0.1) is 4.90 Å². The smallest absolute Gasteiger partial charge is 0.242 e. The monoisotopic (exact) mass is 471 g/mol. The third-order valence-electron chi connectivity index (χ3n) is 5.76. The van der Waals surface area contributed by atoms with Gasteiger partial charge in [-0.2, -0.15) is 0 Å². The van der Waals surface area contributed by atoms with Crippen LogP contribution in [0.5, 0.6) is 0 Å². The van der Waals surface area contributed by atoms with Crippen molar-refractivity contribution < 1.29 is 8.42 Å². The van der Waals surface area contributed by atoms with Gasteiger partial charge in [-0.3, -0.25) is 4.90 Å². The van der Waals surface area contributed by atoms with Crippen molar-refractivity contribution in [3.63, 3.8) is 0 Å². The Kier molecular flexibility index (Phi) is 6.99. The zero-order valence-corrected chi connectivity index (χ0v) is 20.4. The van der Waals surface area contributed by atoms with Crippen molar-refractivity contribution in [3.05, 3.63) is 59.7 Å². The molecule has 1 aliphatic rings. The highest BCUT2D eigenvalue weighted by Crippen LogP contribution is 2.25. The first-order valence-corrected chi connectivity index (χ1v) is 13.1. The Morgan fingerprint density at radius 2 is 1.84 bits per heavy atom. The first-order chi connectivity index (χ1) is 15.4. The molecule has 0 spiro atoms. The molecule has 7 nitrogen and oxygen atoms in total. The van der Waals surface area contributed by atoms with Gasteiger partial charge < -0.3 is 4.57 Å². The molecule has 0 saturated heterocycles. The molecule has 0 unspecified atom stereocenters. The van der Waals surface area contributed by atoms with Crippen molar-refractivity contribution in [2.24, 2.45) is 7.05 Å². The van der Waals surface area contributed by atoms with E-state index >= 15 is 0 Å². The largest absolute Gasteiger partial charge is 0.305 e. The third-order valence-corrected chi connectivity index (χ3v) is 8.68. The highest BCUT2D eigenvalue weighted by molar-refractivity contribution is 7.99. The molecule has 170 valence electrons. The molecule has 1 aliphatic heterocycles. The van der Waals surface area contributed by atoms with Gasteiger partial charge in [0.15, 0.2) is 11.0 Å². The normalized spacial score (nSPS) is 14.6. The molecule has 1 aromatic heterocycles. The van der Waals surface area contributed by atoms with Crippen LogP contribution in [0.3, 0.4) is 0 Å². The number of hydrogen-bond donors (Lipinski definition) is 0. The predicted octanol–water partition coefficient (Wildman–Crippen LogP) is 3.27. The summed E-state index contributed by atoms with van der Waals surface area (Å²) in [6.45, 7) is 2.76. The quantitative estimate of drug-likeness (QED) is 0.371. The highest BCUT2D eigenvalue weighted by atomic mass is 32.2. The minimum absolute atomic E-state index is 0.371. The number of aromatic nitrogens is 3. The highest BCUT2D eigenvalue weighted by Gasteiger charge is 2.22. The first-order valence-electron chi connectivity index (χ1n) is 10.7. The third kappa shape index (κ3) is 4.91. The molecule has 0 fully saturated rings. The van der Waals surface area contributed by atoms with Crippen molar-refractivity contribution in [2.45, 2.75) is 29.4 Å². The zero-order valence-electron chi connectivity index (χ0n) is 18.7. The van der Waals surface area contributed by atoms with Gasteiger partial charge in [0.25, 0.3) is 0 Å². The number of rotatable bonds is 8. The molecule has 0 aliphatic carbocycles. The Labute approximate surface area is 194 Å². The van der Waals surface area contributed by atoms with Gasteiger partial charge in [0, 0.05) is 45.5 Å². The van der Waals surface area contributed by atoms with Crippen LogP contribution in [-0.2, 0) is 30.0 Å². The van der Waals surface area contributed by atoms with E-state index in [9.17, 15) is 8.42 Å². The molecule has 2 heterocycles. The summed E-state index contributed by atoms with van der Waals surface area (Å²) >= 11 is 1.72. The van der Waals surface area contributed by atoms with Crippen LogP contribution < -0.4 is 0 Å². The number of nitrogens with zero attached hydrogens (tertiary/aromatic N) is 5. The topological polar surface area (TPSA) is 71.3 Å². The predicted molar refractivity (Wildman–Crippen MR) is 128 cm³/mol. The summed E-state index contributed by atoms with van der Waals surface area (Å²) in [5.41, 5.74) is 3.44. The van der Waals surface area contributed by atoms with Crippen molar-refractivity contribution >= 4 is 21.8 Å². The zero-order chi connectivity index (χ0) is 22.7. The second kappa shape index (κ2) is 9.74. The standard InChI is InChI=1S/C23H29N5O2S2/c1-26(2)32(29,30)21-11-10-18-12-14-28(17-20(18)16-21)13-7-15-31-23-25-24-22(27(23)3)19-8-5-4-6-9-19/h4-6,8-11,16H,7,12-15,17H2,1-3H3. The van der Waals surface area contributed by atoms with Crippen LogP contribution in [0.4, 0.5) is 0 Å². The van der Waals surface area contributed by atoms with Crippen LogP contribution in [-0.4, -0.2) is 65.3 Å². The summed E-state index contributed by atoms with van der Waals surface area (Å²) in [4.78, 5) is 2.77. The minimum atomic E-state index is -3.41. The SMILES string of the molecule is CN(C)S(=O)(=O)c1ccc2c(c1)CN(CCCSc1nnc(-c3ccccc3)n1C)CC2. The van der Waals surface area contributed by atoms with Crippen molar-refractivity contribution in [2.75, 3.05) is 32.9 Å². The lowest BCUT2D eigenvalue weighted by molar-refractivity contribution is 0.255. The summed E-state index contributed by atoms with van der Waals surface area (Å²) in [7, 11) is 1.74. The van der Waals surface area contributed by atoms with E-state index in [1.54, 1.807) is 31.9 Å². The molecule has 0 saturated carbocycles. The lowest BCUT2D eigenvalue weighted by atomic mass is 10.00. The molecule has 0 bridgehead atoms. The Hall–Kier alpha value is -2.20. The van der Waals surface area contributed by atoms with Gasteiger partial charge in [0.1, 0.15) is 0 Å². The summed E-state index contributed by atoms with van der Waals surface area (Å²) in [5, 5.41) is 9.63. The van der Waals surface area contributed by atoms with Gasteiger partial charge in [-0.1, -0.05) is 48.2 Å². The van der Waals surface area contributed by atoms with Gasteiger partial charge in [-0.25, -0.2) is 12.7 Å². The molecule has 4 rings (SSSR count). The maximum Gasteiger partial charge on any atom is 0.242 e. The molecule has 0 radical (unpaired) electrons. The maximum absolute atomic E-state index is 12.5. The van der Waals surface area contributed by atoms with E-state index in [-0.39, 0.29) is 0 Å². The van der Waals surface area contributed by atoms with Crippen LogP contribution in [0.1, 0.15) is 17.5 Å². The van der Waals surface area contributed by atoms with Crippen LogP contribution in [0.25, 0.3) is 11.4 Å². The Morgan fingerprint density at radius 3 is 2.59 bits per heavy atom. The van der Waals surface area contributed by atoms with Crippen LogP contribution in [0, 0.1) is 0 Å². The molecule has 32 heavy (non-hydrogen) atoms. The molecule has 2 aromatic carbocycles. The van der Waals surface area contributed by atoms with Crippen molar-refractivity contribution in [1.29, 1.82) is 0 Å². The second-order valence-corrected chi connectivity index (χ2v) is 11.4. The van der Waals surface area contributed by atoms with Crippen LogP contribution in [0.2, 0.25) is 0 Å². The summed E-state index contributed by atoms with van der Waals surface area (Å²) in [5.74, 6) is 1.84. The second-order valence-electron chi connectivity index (χ2n) is 8.18. The van der Waals surface area contributed by atoms with E-state index in [0.29, 0.717) is 4.90 Å². The average Bonchev–Trinajstić information content (AvgIpc) is 3.16. The lowest BCUT2D eigenvalue weighted by Crippen LogP contribution is -2.32. The number of fused-ring (bicyclic) bond motifs is 1. The molecular weight excluding hydrogens is 442 g/mol. The van der Waals surface area contributed by atoms with E-state index in [0.717, 1.165) is 60.3 Å². The summed E-state index contributed by atoms with van der Waals surface area (Å²) < 4.78 is 28.2. The molecule has 9 heteroatoms. The van der Waals surface area contributed by atoms with Crippen molar-refractivity contribution in [1.82, 2.24) is 24.0 Å². The summed E-state index contributed by atoms with van der Waals surface area (Å²) in [6.07, 6.45) is 1.98. The number of benzene rings is 2. The number of hydrogen-bond acceptors (Lipinski definition) is 6. The lowest BCUT2D eigenvalue weighted by Gasteiger charge is -2.29. The first kappa shape index (κ1) is 23.0. The van der Waals surface area contributed by atoms with E-state index in [2.05, 4.69) is 15.1 Å². The molecule has 3 aromatic rings. The van der Waals surface area contributed by atoms with Crippen LogP contribution >= 0.6 is 11.8 Å². The Morgan fingerprint density at radius 1 is 1.06 bits per heavy atom. The fourth-order valence-electron chi connectivity index (χ4n) is 3.88. The fourth-order valence-corrected chi connectivity index (χ4v) is 5.67. The maximum atomic E-state index is 12.5. The van der Waals surface area contributed by atoms with E-state index in [1.807, 2.05) is 54.1 Å². The fraction of sp³-hybridized carbons (Fsp3) is 0.391. The van der Waals surface area contributed by atoms with Crippen molar-refractivity contribution in [3.8, 4) is 11.4 Å². The van der Waals surface area contributed by atoms with Gasteiger partial charge in [-0.05, 0) is 42.6 Å². The molecular formula is C23H29N5O2S2. The molecule has 0 amide bonds. The summed E-state index contributed by atoms with van der Waals surface area (Å²) in [6, 6.07) is 15.6. The van der Waals surface area contributed by atoms with Gasteiger partial charge >= 0.3 is 0 Å². The molecule has 0 atom stereocenters. The minimum Gasteiger partial charge on any atom is -0.305 e. The number of sulfonamides is 1. The Balaban J connectivity index is 1.32. The average molecular weight is 472 g/mol.